The highest BCUT2D eigenvalue weighted by Gasteiger charge is 2.34. The molecule has 0 aliphatic carbocycles. The van der Waals surface area contributed by atoms with E-state index < -0.39 is 21.0 Å². The summed E-state index contributed by atoms with van der Waals surface area (Å²) in [5.74, 6) is 1.47. The van der Waals surface area contributed by atoms with Crippen molar-refractivity contribution in [3.8, 4) is 17.2 Å². The molecule has 0 saturated carbocycles. The van der Waals surface area contributed by atoms with E-state index in [9.17, 15) is 8.42 Å². The molecule has 0 spiro atoms. The Morgan fingerprint density at radius 1 is 1.14 bits per heavy atom. The molecule has 1 aliphatic heterocycles. The number of nitrogens with zero attached hydrogens (tertiary/aromatic N) is 5. The average Bonchev–Trinajstić information content (AvgIpc) is 3.52. The van der Waals surface area contributed by atoms with Gasteiger partial charge in [0, 0.05) is 30.8 Å². The lowest BCUT2D eigenvalue weighted by Gasteiger charge is -2.21. The van der Waals surface area contributed by atoms with Crippen LogP contribution in [-0.4, -0.2) is 65.8 Å². The maximum Gasteiger partial charge on any atom is 0.160 e. The van der Waals surface area contributed by atoms with Crippen molar-refractivity contribution in [1.29, 1.82) is 0 Å². The van der Waals surface area contributed by atoms with E-state index in [1.807, 2.05) is 0 Å². The fourth-order valence-electron chi connectivity index (χ4n) is 4.11. The molecule has 1 aliphatic rings. The van der Waals surface area contributed by atoms with Gasteiger partial charge in [0.05, 0.1) is 31.1 Å². The van der Waals surface area contributed by atoms with Crippen LogP contribution in [0.2, 0.25) is 5.02 Å². The van der Waals surface area contributed by atoms with Crippen molar-refractivity contribution in [2.45, 2.75) is 43.1 Å². The number of sulfone groups is 1. The quantitative estimate of drug-likeness (QED) is 0.417. The van der Waals surface area contributed by atoms with Gasteiger partial charge >= 0.3 is 0 Å². The van der Waals surface area contributed by atoms with Crippen LogP contribution >= 0.6 is 11.6 Å². The first kappa shape index (κ1) is 25.3. The number of ether oxygens (including phenoxy) is 3. The number of methoxy groups -OCH3 is 2. The molecule has 0 N–H and O–H groups in total. The first-order valence-corrected chi connectivity index (χ1v) is 13.3. The van der Waals surface area contributed by atoms with Crippen molar-refractivity contribution in [2.24, 2.45) is 0 Å². The second-order valence-electron chi connectivity index (χ2n) is 8.44. The van der Waals surface area contributed by atoms with E-state index in [1.165, 1.54) is 12.4 Å². The topological polar surface area (TPSA) is 118 Å². The van der Waals surface area contributed by atoms with Crippen LogP contribution in [0.25, 0.3) is 5.69 Å². The van der Waals surface area contributed by atoms with Gasteiger partial charge in [-0.25, -0.2) is 18.4 Å². The first-order chi connectivity index (χ1) is 16.8. The van der Waals surface area contributed by atoms with Crippen LogP contribution in [0.5, 0.6) is 11.5 Å². The Morgan fingerprint density at radius 2 is 1.80 bits per heavy atom. The molecule has 1 aromatic carbocycles. The SMILES string of the molecule is COc1cccc(OC)c1-n1c(CS(=O)(=O)[C@@H](C)[C@H](C)c2ncc(Cl)cn2)nnc1[C@@H]1CCOC1. The fraction of sp³-hybridized carbons (Fsp3) is 0.478. The predicted molar refractivity (Wildman–Crippen MR) is 130 cm³/mol. The fourth-order valence-corrected chi connectivity index (χ4v) is 5.76. The zero-order chi connectivity index (χ0) is 25.2. The summed E-state index contributed by atoms with van der Waals surface area (Å²) in [5.41, 5.74) is 0.552. The van der Waals surface area contributed by atoms with Crippen molar-refractivity contribution < 1.29 is 22.6 Å². The molecule has 0 bridgehead atoms. The molecule has 3 atom stereocenters. The van der Waals surface area contributed by atoms with E-state index in [-0.39, 0.29) is 17.5 Å². The molecule has 10 nitrogen and oxygen atoms in total. The largest absolute Gasteiger partial charge is 0.494 e. The van der Waals surface area contributed by atoms with Crippen LogP contribution in [0.3, 0.4) is 0 Å². The maximum atomic E-state index is 13.6. The second-order valence-corrected chi connectivity index (χ2v) is 11.2. The van der Waals surface area contributed by atoms with Gasteiger partial charge in [-0.2, -0.15) is 0 Å². The minimum atomic E-state index is -3.70. The average molecular weight is 522 g/mol. The van der Waals surface area contributed by atoms with Crippen LogP contribution in [0.15, 0.2) is 30.6 Å². The highest BCUT2D eigenvalue weighted by Crippen LogP contribution is 2.37. The van der Waals surface area contributed by atoms with Crippen molar-refractivity contribution >= 4 is 21.4 Å². The molecule has 4 rings (SSSR count). The molecule has 0 unspecified atom stereocenters. The van der Waals surface area contributed by atoms with E-state index >= 15 is 0 Å². The van der Waals surface area contributed by atoms with Crippen molar-refractivity contribution in [2.75, 3.05) is 27.4 Å². The van der Waals surface area contributed by atoms with Gasteiger partial charge in [-0.3, -0.25) is 4.57 Å². The smallest absolute Gasteiger partial charge is 0.160 e. The molecule has 12 heteroatoms. The summed E-state index contributed by atoms with van der Waals surface area (Å²) >= 11 is 5.88. The van der Waals surface area contributed by atoms with Gasteiger partial charge in [0.15, 0.2) is 15.7 Å². The van der Waals surface area contributed by atoms with E-state index in [0.29, 0.717) is 47.1 Å². The number of hydrogen-bond acceptors (Lipinski definition) is 9. The van der Waals surface area contributed by atoms with E-state index in [2.05, 4.69) is 20.2 Å². The number of halogens is 1. The lowest BCUT2D eigenvalue weighted by molar-refractivity contribution is 0.193. The second kappa shape index (κ2) is 10.5. The van der Waals surface area contributed by atoms with Crippen LogP contribution in [0.4, 0.5) is 0 Å². The monoisotopic (exact) mass is 521 g/mol. The normalized spacial score (nSPS) is 17.8. The molecule has 3 heterocycles. The Morgan fingerprint density at radius 3 is 2.37 bits per heavy atom. The Kier molecular flexibility index (Phi) is 7.58. The lowest BCUT2D eigenvalue weighted by atomic mass is 10.1. The third-order valence-electron chi connectivity index (χ3n) is 6.32. The van der Waals surface area contributed by atoms with Crippen molar-refractivity contribution in [1.82, 2.24) is 24.7 Å². The number of para-hydroxylation sites is 1. The van der Waals surface area contributed by atoms with Gasteiger partial charge in [-0.1, -0.05) is 24.6 Å². The molecule has 0 amide bonds. The van der Waals surface area contributed by atoms with Crippen LogP contribution in [0.1, 0.15) is 49.6 Å². The van der Waals surface area contributed by atoms with E-state index in [4.69, 9.17) is 25.8 Å². The van der Waals surface area contributed by atoms with Gasteiger partial charge in [0.25, 0.3) is 0 Å². The van der Waals surface area contributed by atoms with Gasteiger partial charge in [-0.15, -0.1) is 10.2 Å². The molecule has 188 valence electrons. The molecule has 1 saturated heterocycles. The Bertz CT molecular complexity index is 1250. The Hall–Kier alpha value is -2.76. The summed E-state index contributed by atoms with van der Waals surface area (Å²) < 4.78 is 45.6. The Balaban J connectivity index is 1.76. The summed E-state index contributed by atoms with van der Waals surface area (Å²) in [6, 6.07) is 5.37. The number of benzene rings is 1. The van der Waals surface area contributed by atoms with Gasteiger partial charge in [0.2, 0.25) is 0 Å². The van der Waals surface area contributed by atoms with Crippen molar-refractivity contribution in [3.63, 3.8) is 0 Å². The predicted octanol–water partition coefficient (Wildman–Crippen LogP) is 3.34. The summed E-state index contributed by atoms with van der Waals surface area (Å²) in [7, 11) is -0.602. The molecule has 1 fully saturated rings. The standard InChI is InChI=1S/C23H28ClN5O5S/c1-14(22-25-10-17(24)11-26-22)15(2)35(30,31)13-20-27-28-23(16-8-9-34-12-16)29(20)21-18(32-3)6-5-7-19(21)33-4/h5-7,10-11,14-16H,8-9,12-13H2,1-4H3/t14-,15-,16+/m0/s1. The summed E-state index contributed by atoms with van der Waals surface area (Å²) in [4.78, 5) is 8.40. The molecule has 2 aromatic heterocycles. The maximum absolute atomic E-state index is 13.6. The Labute approximate surface area is 209 Å². The molecule has 35 heavy (non-hydrogen) atoms. The van der Waals surface area contributed by atoms with Crippen LogP contribution < -0.4 is 9.47 Å². The van der Waals surface area contributed by atoms with Crippen molar-refractivity contribution in [3.05, 3.63) is 53.1 Å². The van der Waals surface area contributed by atoms with Gasteiger partial charge in [0.1, 0.15) is 34.6 Å². The highest BCUT2D eigenvalue weighted by atomic mass is 35.5. The van der Waals surface area contributed by atoms with Crippen LogP contribution in [0, 0.1) is 0 Å². The summed E-state index contributed by atoms with van der Waals surface area (Å²) in [6.45, 7) is 4.50. The van der Waals surface area contributed by atoms with Gasteiger partial charge < -0.3 is 14.2 Å². The third kappa shape index (κ3) is 5.12. The highest BCUT2D eigenvalue weighted by molar-refractivity contribution is 7.91. The van der Waals surface area contributed by atoms with E-state index in [0.717, 1.165) is 6.42 Å². The zero-order valence-electron chi connectivity index (χ0n) is 20.0. The van der Waals surface area contributed by atoms with Gasteiger partial charge in [-0.05, 0) is 25.5 Å². The number of rotatable bonds is 9. The third-order valence-corrected chi connectivity index (χ3v) is 8.72. The number of aromatic nitrogens is 5. The summed E-state index contributed by atoms with van der Waals surface area (Å²) in [5, 5.41) is 8.32. The zero-order valence-corrected chi connectivity index (χ0v) is 21.6. The molecular formula is C23H28ClN5O5S. The van der Waals surface area contributed by atoms with Crippen LogP contribution in [-0.2, 0) is 20.3 Å². The molecule has 0 radical (unpaired) electrons. The summed E-state index contributed by atoms with van der Waals surface area (Å²) in [6.07, 6.45) is 3.67. The minimum Gasteiger partial charge on any atom is -0.494 e. The first-order valence-electron chi connectivity index (χ1n) is 11.2. The minimum absolute atomic E-state index is 0.0348. The molecular weight excluding hydrogens is 494 g/mol. The lowest BCUT2D eigenvalue weighted by Crippen LogP contribution is -2.27. The number of hydrogen-bond donors (Lipinski definition) is 0. The van der Waals surface area contributed by atoms with E-state index in [1.54, 1.807) is 50.8 Å². The molecule has 3 aromatic rings.